The van der Waals surface area contributed by atoms with Crippen molar-refractivity contribution in [2.24, 2.45) is 0 Å². The van der Waals surface area contributed by atoms with Crippen molar-refractivity contribution in [3.63, 3.8) is 0 Å². The van der Waals surface area contributed by atoms with Crippen molar-refractivity contribution < 1.29 is 8.42 Å². The van der Waals surface area contributed by atoms with Gasteiger partial charge in [-0.05, 0) is 79.1 Å². The topological polar surface area (TPSA) is 68.2 Å². The summed E-state index contributed by atoms with van der Waals surface area (Å²) in [6.07, 6.45) is 4.52. The van der Waals surface area contributed by atoms with E-state index < -0.39 is 10.0 Å². The van der Waals surface area contributed by atoms with Crippen LogP contribution in [-0.2, 0) is 29.4 Å². The van der Waals surface area contributed by atoms with E-state index in [1.54, 1.807) is 28.8 Å². The van der Waals surface area contributed by atoms with E-state index >= 15 is 0 Å². The van der Waals surface area contributed by atoms with E-state index in [4.69, 9.17) is 11.6 Å². The molecular weight excluding hydrogens is 488 g/mol. The monoisotopic (exact) mass is 512 g/mol. The molecule has 5 nitrogen and oxygen atoms in total. The van der Waals surface area contributed by atoms with Crippen molar-refractivity contribution in [1.82, 2.24) is 9.29 Å². The number of aromatic nitrogens is 1. The summed E-state index contributed by atoms with van der Waals surface area (Å²) in [5, 5.41) is 0.591. The Kier molecular flexibility index (Phi) is 6.37. The Bertz CT molecular complexity index is 1540. The van der Waals surface area contributed by atoms with Gasteiger partial charge in [0.1, 0.15) is 0 Å². The van der Waals surface area contributed by atoms with Crippen LogP contribution in [0.5, 0.6) is 0 Å². The maximum Gasteiger partial charge on any atom is 0.308 e. The van der Waals surface area contributed by atoms with Gasteiger partial charge in [-0.2, -0.15) is 0 Å². The van der Waals surface area contributed by atoms with Crippen molar-refractivity contribution in [3.8, 4) is 0 Å². The quantitative estimate of drug-likeness (QED) is 0.361. The molecule has 176 valence electrons. The zero-order chi connectivity index (χ0) is 23.9. The summed E-state index contributed by atoms with van der Waals surface area (Å²) in [6, 6.07) is 18.1. The zero-order valence-electron chi connectivity index (χ0n) is 18.8. The lowest BCUT2D eigenvalue weighted by Gasteiger charge is -2.20. The van der Waals surface area contributed by atoms with Gasteiger partial charge in [0.2, 0.25) is 10.0 Å². The van der Waals surface area contributed by atoms with E-state index in [0.717, 1.165) is 35.3 Å². The van der Waals surface area contributed by atoms with E-state index in [1.807, 2.05) is 31.2 Å². The van der Waals surface area contributed by atoms with Crippen LogP contribution in [-0.4, -0.2) is 13.0 Å². The van der Waals surface area contributed by atoms with E-state index in [1.165, 1.54) is 24.0 Å². The number of hydrogen-bond donors (Lipinski definition) is 1. The first-order chi connectivity index (χ1) is 16.3. The summed E-state index contributed by atoms with van der Waals surface area (Å²) in [5.41, 5.74) is 5.17. The molecular formula is C26H25ClN2O3S2. The minimum atomic E-state index is -3.77. The SMILES string of the molecule is CC(NS(=O)(=O)c1ccc2c(c1)sc(=O)n2Cc1ccccc1Cl)c1ccc2c(c1)CCCC2. The Hall–Kier alpha value is -2.45. The van der Waals surface area contributed by atoms with Gasteiger partial charge in [-0.1, -0.05) is 59.3 Å². The van der Waals surface area contributed by atoms with Crippen molar-refractivity contribution in [2.45, 2.75) is 50.1 Å². The van der Waals surface area contributed by atoms with Crippen LogP contribution in [0.4, 0.5) is 0 Å². The largest absolute Gasteiger partial charge is 0.308 e. The lowest BCUT2D eigenvalue weighted by atomic mass is 9.89. The van der Waals surface area contributed by atoms with Gasteiger partial charge in [0, 0.05) is 11.1 Å². The van der Waals surface area contributed by atoms with Crippen molar-refractivity contribution >= 4 is 43.2 Å². The predicted octanol–water partition coefficient (Wildman–Crippen LogP) is 5.68. The van der Waals surface area contributed by atoms with Gasteiger partial charge < -0.3 is 0 Å². The molecule has 1 aromatic heterocycles. The molecule has 0 amide bonds. The molecule has 0 saturated heterocycles. The number of nitrogens with zero attached hydrogens (tertiary/aromatic N) is 1. The number of benzene rings is 3. The molecule has 1 heterocycles. The van der Waals surface area contributed by atoms with Gasteiger partial charge >= 0.3 is 4.87 Å². The number of thiazole rings is 1. The second kappa shape index (κ2) is 9.30. The highest BCUT2D eigenvalue weighted by Gasteiger charge is 2.21. The highest BCUT2D eigenvalue weighted by Crippen LogP contribution is 2.27. The summed E-state index contributed by atoms with van der Waals surface area (Å²) in [5.74, 6) is 0. The Balaban J connectivity index is 1.41. The summed E-state index contributed by atoms with van der Waals surface area (Å²) >= 11 is 7.31. The molecule has 1 aliphatic rings. The summed E-state index contributed by atoms with van der Waals surface area (Å²) in [4.78, 5) is 12.7. The molecule has 3 aromatic carbocycles. The maximum absolute atomic E-state index is 13.2. The molecule has 0 bridgehead atoms. The fraction of sp³-hybridized carbons (Fsp3) is 0.269. The van der Waals surface area contributed by atoms with E-state index in [0.29, 0.717) is 21.8 Å². The molecule has 0 saturated carbocycles. The van der Waals surface area contributed by atoms with Crippen LogP contribution in [0.15, 0.2) is 70.4 Å². The van der Waals surface area contributed by atoms with Gasteiger partial charge in [0.25, 0.3) is 0 Å². The predicted molar refractivity (Wildman–Crippen MR) is 138 cm³/mol. The maximum atomic E-state index is 13.2. The Morgan fingerprint density at radius 3 is 2.59 bits per heavy atom. The number of fused-ring (bicyclic) bond motifs is 2. The van der Waals surface area contributed by atoms with Crippen molar-refractivity contribution in [1.29, 1.82) is 0 Å². The number of hydrogen-bond acceptors (Lipinski definition) is 4. The second-order valence-electron chi connectivity index (χ2n) is 8.75. The molecule has 4 aromatic rings. The van der Waals surface area contributed by atoms with Crippen LogP contribution in [0, 0.1) is 0 Å². The molecule has 1 unspecified atom stereocenters. The summed E-state index contributed by atoms with van der Waals surface area (Å²) in [6.45, 7) is 2.19. The third-order valence-electron chi connectivity index (χ3n) is 6.44. The third kappa shape index (κ3) is 4.58. The van der Waals surface area contributed by atoms with Gasteiger partial charge in [0.15, 0.2) is 0 Å². The second-order valence-corrected chi connectivity index (χ2v) is 11.9. The van der Waals surface area contributed by atoms with E-state index in [9.17, 15) is 13.2 Å². The normalized spacial score (nSPS) is 14.8. The fourth-order valence-electron chi connectivity index (χ4n) is 4.55. The van der Waals surface area contributed by atoms with Crippen molar-refractivity contribution in [2.75, 3.05) is 0 Å². The molecule has 1 aliphatic carbocycles. The van der Waals surface area contributed by atoms with Crippen molar-refractivity contribution in [3.05, 3.63) is 97.6 Å². The Morgan fingerprint density at radius 1 is 1.03 bits per heavy atom. The highest BCUT2D eigenvalue weighted by atomic mass is 35.5. The standard InChI is InChI=1S/C26H25ClN2O3S2/c1-17(19-11-10-18-6-2-3-7-20(18)14-19)28-34(31,32)22-12-13-24-25(15-22)33-26(30)29(24)16-21-8-4-5-9-23(21)27/h4-5,8-15,17,28H,2-3,6-7,16H2,1H3. The average Bonchev–Trinajstić information content (AvgIpc) is 3.14. The smallest absolute Gasteiger partial charge is 0.294 e. The lowest BCUT2D eigenvalue weighted by Crippen LogP contribution is -2.27. The number of sulfonamides is 1. The summed E-state index contributed by atoms with van der Waals surface area (Å²) in [7, 11) is -3.77. The van der Waals surface area contributed by atoms with Gasteiger partial charge in [-0.25, -0.2) is 13.1 Å². The molecule has 1 N–H and O–H groups in total. The number of aryl methyl sites for hydroxylation is 2. The van der Waals surface area contributed by atoms with Crippen LogP contribution >= 0.6 is 22.9 Å². The molecule has 1 atom stereocenters. The first-order valence-electron chi connectivity index (χ1n) is 11.3. The van der Waals surface area contributed by atoms with Crippen LogP contribution in [0.1, 0.15) is 48.1 Å². The van der Waals surface area contributed by atoms with Crippen LogP contribution in [0.3, 0.4) is 0 Å². The zero-order valence-corrected chi connectivity index (χ0v) is 21.1. The minimum Gasteiger partial charge on any atom is -0.294 e. The first kappa shape index (κ1) is 23.3. The van der Waals surface area contributed by atoms with E-state index in [-0.39, 0.29) is 15.8 Å². The van der Waals surface area contributed by atoms with E-state index in [2.05, 4.69) is 16.9 Å². The Labute approximate surface area is 208 Å². The minimum absolute atomic E-state index is 0.149. The summed E-state index contributed by atoms with van der Waals surface area (Å²) < 4.78 is 31.4. The molecule has 0 spiro atoms. The number of rotatable bonds is 6. The number of halogens is 1. The number of nitrogens with one attached hydrogen (secondary N) is 1. The first-order valence-corrected chi connectivity index (χ1v) is 14.0. The molecule has 0 fully saturated rings. The van der Waals surface area contributed by atoms with Crippen LogP contribution in [0.25, 0.3) is 10.2 Å². The highest BCUT2D eigenvalue weighted by molar-refractivity contribution is 7.89. The molecule has 0 radical (unpaired) electrons. The van der Waals surface area contributed by atoms with Gasteiger partial charge in [-0.15, -0.1) is 0 Å². The van der Waals surface area contributed by atoms with Crippen LogP contribution < -0.4 is 9.60 Å². The molecule has 0 aliphatic heterocycles. The molecule has 8 heteroatoms. The average molecular weight is 513 g/mol. The van der Waals surface area contributed by atoms with Crippen LogP contribution in [0.2, 0.25) is 5.02 Å². The lowest BCUT2D eigenvalue weighted by molar-refractivity contribution is 0.566. The molecule has 34 heavy (non-hydrogen) atoms. The Morgan fingerprint density at radius 2 is 1.79 bits per heavy atom. The molecule has 5 rings (SSSR count). The van der Waals surface area contributed by atoms with Gasteiger partial charge in [0.05, 0.1) is 21.7 Å². The van der Waals surface area contributed by atoms with Gasteiger partial charge in [-0.3, -0.25) is 9.36 Å². The third-order valence-corrected chi connectivity index (χ3v) is 9.29. The fourth-order valence-corrected chi connectivity index (χ4v) is 7.01.